The maximum absolute atomic E-state index is 12.4. The van der Waals surface area contributed by atoms with Crippen molar-refractivity contribution in [1.82, 2.24) is 13.9 Å². The molecule has 0 aliphatic carbocycles. The van der Waals surface area contributed by atoms with Crippen molar-refractivity contribution in [3.8, 4) is 0 Å². The first-order chi connectivity index (χ1) is 9.18. The summed E-state index contributed by atoms with van der Waals surface area (Å²) in [7, 11) is 0.441. The smallest absolute Gasteiger partial charge is 0.279 e. The molecule has 0 bridgehead atoms. The van der Waals surface area contributed by atoms with E-state index in [4.69, 9.17) is 0 Å². The Balaban J connectivity index is 2.64. The Morgan fingerprint density at radius 3 is 2.55 bits per heavy atom. The van der Waals surface area contributed by atoms with Gasteiger partial charge in [0.15, 0.2) is 0 Å². The molecule has 0 saturated carbocycles. The molecule has 0 aromatic rings. The maximum atomic E-state index is 12.4. The molecule has 6 nitrogen and oxygen atoms in total. The zero-order valence-corrected chi connectivity index (χ0v) is 13.9. The van der Waals surface area contributed by atoms with Gasteiger partial charge < -0.3 is 10.0 Å². The highest BCUT2D eigenvalue weighted by molar-refractivity contribution is 7.87. The van der Waals surface area contributed by atoms with E-state index in [0.717, 1.165) is 25.8 Å². The number of nitrogens with one attached hydrogen (secondary N) is 1. The number of hydrogen-bond donors (Lipinski definition) is 2. The van der Waals surface area contributed by atoms with Gasteiger partial charge in [-0.05, 0) is 32.4 Å². The molecule has 1 atom stereocenters. The zero-order valence-electron chi connectivity index (χ0n) is 13.1. The minimum absolute atomic E-state index is 0.109. The molecule has 0 aromatic carbocycles. The van der Waals surface area contributed by atoms with E-state index in [9.17, 15) is 13.5 Å². The maximum Gasteiger partial charge on any atom is 0.279 e. The summed E-state index contributed by atoms with van der Waals surface area (Å²) in [6, 6.07) is -0.279. The van der Waals surface area contributed by atoms with Crippen LogP contribution in [0.4, 0.5) is 0 Å². The van der Waals surface area contributed by atoms with Crippen molar-refractivity contribution >= 4 is 10.2 Å². The van der Waals surface area contributed by atoms with E-state index in [-0.39, 0.29) is 18.1 Å². The number of piperidine rings is 1. The number of aliphatic hydroxyl groups excluding tert-OH is 1. The SMILES string of the molecule is CN(C)CC(C)(C)CNS(=O)(=O)N1CCCCC1CO. The standard InChI is InChI=1S/C13H29N3O3S/c1-13(2,11-15(3)4)10-14-20(18,19)16-8-6-5-7-12(16)9-17/h12,14,17H,5-11H2,1-4H3. The second-order valence-corrected chi connectivity index (χ2v) is 8.38. The lowest BCUT2D eigenvalue weighted by Gasteiger charge is -2.35. The van der Waals surface area contributed by atoms with Crippen molar-refractivity contribution in [2.45, 2.75) is 39.2 Å². The van der Waals surface area contributed by atoms with Gasteiger partial charge in [-0.2, -0.15) is 12.7 Å². The molecule has 2 N–H and O–H groups in total. The Bertz CT molecular complexity index is 396. The van der Waals surface area contributed by atoms with Gasteiger partial charge in [0.05, 0.1) is 6.61 Å². The highest BCUT2D eigenvalue weighted by atomic mass is 32.2. The molecule has 1 fully saturated rings. The Kier molecular flexibility index (Phi) is 6.40. The van der Waals surface area contributed by atoms with Gasteiger partial charge in [0.1, 0.15) is 0 Å². The average Bonchev–Trinajstić information content (AvgIpc) is 2.35. The topological polar surface area (TPSA) is 72.9 Å². The zero-order chi connectivity index (χ0) is 15.4. The fourth-order valence-corrected chi connectivity index (χ4v) is 4.43. The molecule has 7 heteroatoms. The summed E-state index contributed by atoms with van der Waals surface area (Å²) in [6.07, 6.45) is 2.57. The van der Waals surface area contributed by atoms with Crippen LogP contribution in [0.1, 0.15) is 33.1 Å². The summed E-state index contributed by atoms with van der Waals surface area (Å²) >= 11 is 0. The van der Waals surface area contributed by atoms with Crippen LogP contribution in [0.25, 0.3) is 0 Å². The lowest BCUT2D eigenvalue weighted by Crippen LogP contribution is -2.52. The van der Waals surface area contributed by atoms with Crippen molar-refractivity contribution < 1.29 is 13.5 Å². The molecule has 120 valence electrons. The van der Waals surface area contributed by atoms with Crippen LogP contribution in [0, 0.1) is 5.41 Å². The summed E-state index contributed by atoms with van der Waals surface area (Å²) in [5.41, 5.74) is -0.138. The van der Waals surface area contributed by atoms with Gasteiger partial charge in [-0.15, -0.1) is 0 Å². The van der Waals surface area contributed by atoms with Gasteiger partial charge in [-0.25, -0.2) is 4.72 Å². The van der Waals surface area contributed by atoms with Crippen LogP contribution in [0.5, 0.6) is 0 Å². The Morgan fingerprint density at radius 2 is 2.00 bits per heavy atom. The van der Waals surface area contributed by atoms with Crippen molar-refractivity contribution in [3.05, 3.63) is 0 Å². The summed E-state index contributed by atoms with van der Waals surface area (Å²) in [6.45, 7) is 5.66. The van der Waals surface area contributed by atoms with Crippen molar-refractivity contribution in [2.24, 2.45) is 5.41 Å². The Labute approximate surface area is 123 Å². The van der Waals surface area contributed by atoms with Gasteiger partial charge in [0, 0.05) is 25.7 Å². The monoisotopic (exact) mass is 307 g/mol. The van der Waals surface area contributed by atoms with Gasteiger partial charge in [-0.1, -0.05) is 20.3 Å². The van der Waals surface area contributed by atoms with E-state index < -0.39 is 10.2 Å². The van der Waals surface area contributed by atoms with E-state index in [1.54, 1.807) is 0 Å². The van der Waals surface area contributed by atoms with E-state index in [1.807, 2.05) is 32.8 Å². The predicted octanol–water partition coefficient (Wildman–Crippen LogP) is 0.255. The van der Waals surface area contributed by atoms with Crippen molar-refractivity contribution in [1.29, 1.82) is 0 Å². The van der Waals surface area contributed by atoms with Crippen LogP contribution in [0.3, 0.4) is 0 Å². The third-order valence-electron chi connectivity index (χ3n) is 3.57. The van der Waals surface area contributed by atoms with Crippen molar-refractivity contribution in [2.75, 3.05) is 40.3 Å². The third kappa shape index (κ3) is 5.29. The van der Waals surface area contributed by atoms with Gasteiger partial charge in [0.25, 0.3) is 10.2 Å². The van der Waals surface area contributed by atoms with Crippen molar-refractivity contribution in [3.63, 3.8) is 0 Å². The summed E-state index contributed by atoms with van der Waals surface area (Å²) in [5.74, 6) is 0. The molecular weight excluding hydrogens is 278 g/mol. The fraction of sp³-hybridized carbons (Fsp3) is 1.00. The van der Waals surface area contributed by atoms with E-state index in [2.05, 4.69) is 4.72 Å². The molecule has 1 unspecified atom stereocenters. The highest BCUT2D eigenvalue weighted by Crippen LogP contribution is 2.20. The normalized spacial score (nSPS) is 22.4. The van der Waals surface area contributed by atoms with Gasteiger partial charge in [-0.3, -0.25) is 0 Å². The van der Waals surface area contributed by atoms with Gasteiger partial charge in [0.2, 0.25) is 0 Å². The first-order valence-electron chi connectivity index (χ1n) is 7.20. The lowest BCUT2D eigenvalue weighted by atomic mass is 9.93. The molecule has 20 heavy (non-hydrogen) atoms. The molecule has 1 rings (SSSR count). The molecular formula is C13H29N3O3S. The molecule has 1 aliphatic rings. The average molecular weight is 307 g/mol. The Morgan fingerprint density at radius 1 is 1.35 bits per heavy atom. The molecule has 0 aromatic heterocycles. The van der Waals surface area contributed by atoms with Crippen LogP contribution in [0.2, 0.25) is 0 Å². The largest absolute Gasteiger partial charge is 0.395 e. The quantitative estimate of drug-likeness (QED) is 0.707. The molecule has 0 amide bonds. The van der Waals surface area contributed by atoms with Crippen LogP contribution in [0.15, 0.2) is 0 Å². The fourth-order valence-electron chi connectivity index (χ4n) is 2.75. The first kappa shape index (κ1) is 17.8. The van der Waals surface area contributed by atoms with Crippen LogP contribution in [-0.2, 0) is 10.2 Å². The molecule has 1 aliphatic heterocycles. The summed E-state index contributed by atoms with van der Waals surface area (Å²) in [5, 5.41) is 9.33. The summed E-state index contributed by atoms with van der Waals surface area (Å²) in [4.78, 5) is 2.05. The summed E-state index contributed by atoms with van der Waals surface area (Å²) < 4.78 is 28.9. The molecule has 0 spiro atoms. The lowest BCUT2D eigenvalue weighted by molar-refractivity contribution is 0.153. The highest BCUT2D eigenvalue weighted by Gasteiger charge is 2.33. The second-order valence-electron chi connectivity index (χ2n) is 6.67. The van der Waals surface area contributed by atoms with Crippen LogP contribution in [-0.4, -0.2) is 69.1 Å². The van der Waals surface area contributed by atoms with E-state index >= 15 is 0 Å². The second kappa shape index (κ2) is 7.17. The third-order valence-corrected chi connectivity index (χ3v) is 5.18. The van der Waals surface area contributed by atoms with Crippen LogP contribution >= 0.6 is 0 Å². The number of aliphatic hydroxyl groups is 1. The van der Waals surface area contributed by atoms with Gasteiger partial charge >= 0.3 is 0 Å². The minimum Gasteiger partial charge on any atom is -0.395 e. The molecule has 1 saturated heterocycles. The predicted molar refractivity (Wildman–Crippen MR) is 80.7 cm³/mol. The van der Waals surface area contributed by atoms with E-state index in [0.29, 0.717) is 13.1 Å². The first-order valence-corrected chi connectivity index (χ1v) is 8.64. The minimum atomic E-state index is -3.51. The number of rotatable bonds is 7. The molecule has 1 heterocycles. The molecule has 0 radical (unpaired) electrons. The number of hydrogen-bond acceptors (Lipinski definition) is 4. The Hall–Kier alpha value is -0.210. The van der Waals surface area contributed by atoms with Crippen LogP contribution < -0.4 is 4.72 Å². The van der Waals surface area contributed by atoms with E-state index in [1.165, 1.54) is 4.31 Å². The number of nitrogens with zero attached hydrogens (tertiary/aromatic N) is 2.